The summed E-state index contributed by atoms with van der Waals surface area (Å²) in [5.41, 5.74) is 3.00. The zero-order valence-corrected chi connectivity index (χ0v) is 14.8. The van der Waals surface area contributed by atoms with E-state index >= 15 is 0 Å². The van der Waals surface area contributed by atoms with Crippen LogP contribution in [0.4, 0.5) is 0 Å². The Bertz CT molecular complexity index is 654. The third-order valence-corrected chi connectivity index (χ3v) is 5.27. The Labute approximate surface area is 150 Å². The highest BCUT2D eigenvalue weighted by Crippen LogP contribution is 2.47. The van der Waals surface area contributed by atoms with Crippen LogP contribution in [0, 0.1) is 5.41 Å². The molecule has 2 aromatic rings. The zero-order chi connectivity index (χ0) is 17.0. The van der Waals surface area contributed by atoms with Crippen molar-refractivity contribution in [1.29, 1.82) is 0 Å². The van der Waals surface area contributed by atoms with E-state index in [2.05, 4.69) is 59.5 Å². The van der Waals surface area contributed by atoms with Crippen molar-refractivity contribution in [2.75, 3.05) is 26.3 Å². The minimum atomic E-state index is 0.160. The monoisotopic (exact) mass is 337 g/mol. The van der Waals surface area contributed by atoms with E-state index < -0.39 is 0 Å². The normalized spacial score (nSPS) is 22.6. The standard InChI is InChI=1S/C22H27NO2/c1-3-7-19(8-4-1)13-23-14-21(25-18-22(17-23)11-12-22)16-24-15-20-9-5-2-6-10-20/h1-10,21H,11-18H2/t21-/m0/s1. The second-order valence-corrected chi connectivity index (χ2v) is 7.59. The lowest BCUT2D eigenvalue weighted by Crippen LogP contribution is -2.35. The van der Waals surface area contributed by atoms with Gasteiger partial charge in [-0.2, -0.15) is 0 Å². The van der Waals surface area contributed by atoms with E-state index in [4.69, 9.17) is 9.47 Å². The highest BCUT2D eigenvalue weighted by molar-refractivity contribution is 5.15. The molecule has 1 atom stereocenters. The molecule has 2 aliphatic rings. The van der Waals surface area contributed by atoms with Crippen LogP contribution in [0.25, 0.3) is 0 Å². The number of benzene rings is 2. The van der Waals surface area contributed by atoms with Gasteiger partial charge in [0.2, 0.25) is 0 Å². The van der Waals surface area contributed by atoms with E-state index in [1.54, 1.807) is 0 Å². The molecule has 4 rings (SSSR count). The van der Waals surface area contributed by atoms with Crippen molar-refractivity contribution in [3.05, 3.63) is 71.8 Å². The van der Waals surface area contributed by atoms with Gasteiger partial charge in [-0.15, -0.1) is 0 Å². The van der Waals surface area contributed by atoms with Gasteiger partial charge in [0.1, 0.15) is 0 Å². The van der Waals surface area contributed by atoms with Crippen LogP contribution >= 0.6 is 0 Å². The molecule has 1 heterocycles. The molecule has 3 nitrogen and oxygen atoms in total. The highest BCUT2D eigenvalue weighted by atomic mass is 16.5. The van der Waals surface area contributed by atoms with Crippen LogP contribution in [0.15, 0.2) is 60.7 Å². The minimum Gasteiger partial charge on any atom is -0.374 e. The van der Waals surface area contributed by atoms with Crippen molar-refractivity contribution in [1.82, 2.24) is 4.90 Å². The average Bonchev–Trinajstić information content (AvgIpc) is 3.43. The predicted molar refractivity (Wildman–Crippen MR) is 99.2 cm³/mol. The van der Waals surface area contributed by atoms with Gasteiger partial charge in [0.25, 0.3) is 0 Å². The smallest absolute Gasteiger partial charge is 0.0935 e. The SMILES string of the molecule is c1ccc(COC[C@@H]2CN(Cc3ccccc3)CC3(CC3)CO2)cc1. The number of hydrogen-bond donors (Lipinski definition) is 0. The summed E-state index contributed by atoms with van der Waals surface area (Å²) in [6.07, 6.45) is 2.76. The fourth-order valence-electron chi connectivity index (χ4n) is 3.64. The van der Waals surface area contributed by atoms with E-state index in [0.29, 0.717) is 18.6 Å². The quantitative estimate of drug-likeness (QED) is 0.798. The van der Waals surface area contributed by atoms with E-state index in [0.717, 1.165) is 26.2 Å². The Kier molecular flexibility index (Phi) is 5.16. The number of rotatable bonds is 6. The fourth-order valence-corrected chi connectivity index (χ4v) is 3.64. The molecule has 2 aromatic carbocycles. The molecule has 25 heavy (non-hydrogen) atoms. The average molecular weight is 337 g/mol. The van der Waals surface area contributed by atoms with Gasteiger partial charge in [-0.05, 0) is 24.0 Å². The Balaban J connectivity index is 1.33. The van der Waals surface area contributed by atoms with Crippen LogP contribution < -0.4 is 0 Å². The van der Waals surface area contributed by atoms with Gasteiger partial charge in [-0.1, -0.05) is 60.7 Å². The summed E-state index contributed by atoms with van der Waals surface area (Å²) >= 11 is 0. The van der Waals surface area contributed by atoms with Crippen molar-refractivity contribution < 1.29 is 9.47 Å². The molecule has 1 aliphatic carbocycles. The molecule has 2 fully saturated rings. The van der Waals surface area contributed by atoms with Gasteiger partial charge in [0.05, 0.1) is 25.9 Å². The van der Waals surface area contributed by atoms with Crippen LogP contribution in [0.1, 0.15) is 24.0 Å². The van der Waals surface area contributed by atoms with E-state index in [1.807, 2.05) is 6.07 Å². The molecule has 1 saturated heterocycles. The molecule has 132 valence electrons. The first kappa shape index (κ1) is 16.8. The molecule has 0 N–H and O–H groups in total. The molecule has 0 aromatic heterocycles. The lowest BCUT2D eigenvalue weighted by molar-refractivity contribution is -0.0289. The summed E-state index contributed by atoms with van der Waals surface area (Å²) in [4.78, 5) is 2.56. The highest BCUT2D eigenvalue weighted by Gasteiger charge is 2.46. The van der Waals surface area contributed by atoms with Gasteiger partial charge in [0, 0.05) is 25.0 Å². The lowest BCUT2D eigenvalue weighted by atomic mass is 10.1. The van der Waals surface area contributed by atoms with Gasteiger partial charge < -0.3 is 9.47 Å². The van der Waals surface area contributed by atoms with Crippen molar-refractivity contribution >= 4 is 0 Å². The van der Waals surface area contributed by atoms with Crippen LogP contribution in [0.2, 0.25) is 0 Å². The Morgan fingerprint density at radius 3 is 2.32 bits per heavy atom. The van der Waals surface area contributed by atoms with Crippen LogP contribution in [-0.4, -0.2) is 37.3 Å². The molecule has 3 heteroatoms. The van der Waals surface area contributed by atoms with Gasteiger partial charge >= 0.3 is 0 Å². The topological polar surface area (TPSA) is 21.7 Å². The second kappa shape index (κ2) is 7.69. The summed E-state index contributed by atoms with van der Waals surface area (Å²) in [7, 11) is 0. The van der Waals surface area contributed by atoms with Crippen molar-refractivity contribution in [2.45, 2.75) is 32.1 Å². The maximum atomic E-state index is 6.22. The maximum absolute atomic E-state index is 6.22. The summed E-state index contributed by atoms with van der Waals surface area (Å²) in [5, 5.41) is 0. The summed E-state index contributed by atoms with van der Waals surface area (Å²) in [6, 6.07) is 21.1. The maximum Gasteiger partial charge on any atom is 0.0935 e. The van der Waals surface area contributed by atoms with Gasteiger partial charge in [-0.3, -0.25) is 4.90 Å². The van der Waals surface area contributed by atoms with E-state index in [9.17, 15) is 0 Å². The van der Waals surface area contributed by atoms with Crippen LogP contribution in [0.3, 0.4) is 0 Å². The van der Waals surface area contributed by atoms with Crippen molar-refractivity contribution in [3.63, 3.8) is 0 Å². The first-order chi connectivity index (χ1) is 12.3. The Morgan fingerprint density at radius 1 is 0.960 bits per heavy atom. The van der Waals surface area contributed by atoms with E-state index in [-0.39, 0.29) is 6.10 Å². The van der Waals surface area contributed by atoms with Crippen molar-refractivity contribution in [2.24, 2.45) is 5.41 Å². The molecular weight excluding hydrogens is 310 g/mol. The van der Waals surface area contributed by atoms with Crippen molar-refractivity contribution in [3.8, 4) is 0 Å². The summed E-state index contributed by atoms with van der Waals surface area (Å²) in [6.45, 7) is 5.31. The molecule has 0 amide bonds. The first-order valence-electron chi connectivity index (χ1n) is 9.31. The van der Waals surface area contributed by atoms with E-state index in [1.165, 1.54) is 24.0 Å². The zero-order valence-electron chi connectivity index (χ0n) is 14.8. The molecular formula is C22H27NO2. The summed E-state index contributed by atoms with van der Waals surface area (Å²) in [5.74, 6) is 0. The third kappa shape index (κ3) is 4.69. The number of hydrogen-bond acceptors (Lipinski definition) is 3. The third-order valence-electron chi connectivity index (χ3n) is 5.27. The van der Waals surface area contributed by atoms with Crippen LogP contribution in [0.5, 0.6) is 0 Å². The largest absolute Gasteiger partial charge is 0.374 e. The molecule has 1 aliphatic heterocycles. The van der Waals surface area contributed by atoms with Gasteiger partial charge in [0.15, 0.2) is 0 Å². The fraction of sp³-hybridized carbons (Fsp3) is 0.455. The Hall–Kier alpha value is -1.68. The van der Waals surface area contributed by atoms with Crippen LogP contribution in [-0.2, 0) is 22.6 Å². The molecule has 1 saturated carbocycles. The lowest BCUT2D eigenvalue weighted by Gasteiger charge is -2.25. The Morgan fingerprint density at radius 2 is 1.64 bits per heavy atom. The molecule has 0 radical (unpaired) electrons. The minimum absolute atomic E-state index is 0.160. The summed E-state index contributed by atoms with van der Waals surface area (Å²) < 4.78 is 12.2. The molecule has 1 spiro atoms. The first-order valence-corrected chi connectivity index (χ1v) is 9.31. The molecule has 0 bridgehead atoms. The number of nitrogens with zero attached hydrogens (tertiary/aromatic N) is 1. The second-order valence-electron chi connectivity index (χ2n) is 7.59. The van der Waals surface area contributed by atoms with Gasteiger partial charge in [-0.25, -0.2) is 0 Å². The predicted octanol–water partition coefficient (Wildman–Crippen LogP) is 3.88. The molecule has 0 unspecified atom stereocenters. The number of ether oxygens (including phenoxy) is 2.